The second kappa shape index (κ2) is 7.02. The molecule has 0 saturated heterocycles. The van der Waals surface area contributed by atoms with Crippen LogP contribution >= 0.6 is 27.5 Å². The van der Waals surface area contributed by atoms with Crippen LogP contribution in [0.25, 0.3) is 0 Å². The Bertz CT molecular complexity index is 383. The van der Waals surface area contributed by atoms with E-state index in [4.69, 9.17) is 11.6 Å². The van der Waals surface area contributed by atoms with Crippen LogP contribution in [0.1, 0.15) is 25.8 Å². The molecule has 1 aromatic carbocycles. The summed E-state index contributed by atoms with van der Waals surface area (Å²) in [5.74, 6) is 0.120. The lowest BCUT2D eigenvalue weighted by Crippen LogP contribution is -2.35. The number of halogens is 2. The number of carbonyl (C=O) groups excluding carboxylic acids is 1. The van der Waals surface area contributed by atoms with E-state index in [9.17, 15) is 4.79 Å². The van der Waals surface area contributed by atoms with Gasteiger partial charge in [0.25, 0.3) is 0 Å². The molecular weight excluding hydrogens is 302 g/mol. The van der Waals surface area contributed by atoms with Crippen molar-refractivity contribution in [2.75, 3.05) is 6.54 Å². The predicted octanol–water partition coefficient (Wildman–Crippen LogP) is 3.86. The average molecular weight is 319 g/mol. The van der Waals surface area contributed by atoms with E-state index >= 15 is 0 Å². The molecule has 1 amide bonds. The summed E-state index contributed by atoms with van der Waals surface area (Å²) in [6, 6.07) is 7.63. The molecule has 0 aliphatic heterocycles. The lowest BCUT2D eigenvalue weighted by molar-refractivity contribution is -0.130. The molecule has 1 rings (SSSR count). The van der Waals surface area contributed by atoms with Crippen molar-refractivity contribution in [1.29, 1.82) is 0 Å². The Labute approximate surface area is 116 Å². The standard InChI is InChI=1S/C13H17BrClNO/c1-3-11(14)13(17)16(4-2)9-10-7-5-6-8-12(10)15/h5-8,11H,3-4,9H2,1-2H3. The summed E-state index contributed by atoms with van der Waals surface area (Å²) in [5, 5.41) is 0.710. The van der Waals surface area contributed by atoms with Crippen LogP contribution in [0.3, 0.4) is 0 Å². The molecule has 0 radical (unpaired) electrons. The van der Waals surface area contributed by atoms with Gasteiger partial charge in [0, 0.05) is 18.1 Å². The van der Waals surface area contributed by atoms with E-state index in [1.165, 1.54) is 0 Å². The largest absolute Gasteiger partial charge is 0.338 e. The summed E-state index contributed by atoms with van der Waals surface area (Å²) in [5.41, 5.74) is 0.986. The SMILES string of the molecule is CCC(Br)C(=O)N(CC)Cc1ccccc1Cl. The maximum absolute atomic E-state index is 12.1. The van der Waals surface area contributed by atoms with E-state index in [1.54, 1.807) is 0 Å². The first kappa shape index (κ1) is 14.5. The maximum Gasteiger partial charge on any atom is 0.236 e. The minimum Gasteiger partial charge on any atom is -0.338 e. The highest BCUT2D eigenvalue weighted by molar-refractivity contribution is 9.10. The maximum atomic E-state index is 12.1. The van der Waals surface area contributed by atoms with Gasteiger partial charge < -0.3 is 4.90 Å². The molecule has 0 aliphatic carbocycles. The van der Waals surface area contributed by atoms with Crippen molar-refractivity contribution in [1.82, 2.24) is 4.90 Å². The van der Waals surface area contributed by atoms with Gasteiger partial charge in [-0.3, -0.25) is 4.79 Å². The van der Waals surface area contributed by atoms with Crippen molar-refractivity contribution in [2.45, 2.75) is 31.6 Å². The van der Waals surface area contributed by atoms with Crippen LogP contribution in [0.2, 0.25) is 5.02 Å². The first-order valence-electron chi connectivity index (χ1n) is 5.76. The van der Waals surface area contributed by atoms with Gasteiger partial charge in [-0.1, -0.05) is 52.7 Å². The molecule has 0 spiro atoms. The highest BCUT2D eigenvalue weighted by Crippen LogP contribution is 2.18. The van der Waals surface area contributed by atoms with Crippen molar-refractivity contribution in [3.63, 3.8) is 0 Å². The smallest absolute Gasteiger partial charge is 0.236 e. The molecule has 1 atom stereocenters. The Morgan fingerprint density at radius 1 is 1.41 bits per heavy atom. The van der Waals surface area contributed by atoms with Crippen LogP contribution < -0.4 is 0 Å². The number of amides is 1. The molecule has 17 heavy (non-hydrogen) atoms. The number of nitrogens with zero attached hydrogens (tertiary/aromatic N) is 1. The zero-order valence-corrected chi connectivity index (χ0v) is 12.5. The monoisotopic (exact) mass is 317 g/mol. The van der Waals surface area contributed by atoms with Crippen LogP contribution in [-0.4, -0.2) is 22.2 Å². The van der Waals surface area contributed by atoms with Gasteiger partial charge in [0.2, 0.25) is 5.91 Å². The van der Waals surface area contributed by atoms with E-state index in [0.717, 1.165) is 12.0 Å². The minimum absolute atomic E-state index is 0.107. The number of alkyl halides is 1. The van der Waals surface area contributed by atoms with Crippen molar-refractivity contribution in [3.8, 4) is 0 Å². The molecule has 0 bridgehead atoms. The highest BCUT2D eigenvalue weighted by atomic mass is 79.9. The molecule has 1 unspecified atom stereocenters. The van der Waals surface area contributed by atoms with E-state index in [0.29, 0.717) is 18.1 Å². The summed E-state index contributed by atoms with van der Waals surface area (Å²) in [6.07, 6.45) is 0.790. The van der Waals surface area contributed by atoms with Gasteiger partial charge in [0.1, 0.15) is 0 Å². The van der Waals surface area contributed by atoms with Gasteiger partial charge in [-0.2, -0.15) is 0 Å². The van der Waals surface area contributed by atoms with Crippen molar-refractivity contribution in [3.05, 3.63) is 34.9 Å². The first-order chi connectivity index (χ1) is 8.10. The highest BCUT2D eigenvalue weighted by Gasteiger charge is 2.19. The van der Waals surface area contributed by atoms with Gasteiger partial charge in [0.15, 0.2) is 0 Å². The van der Waals surface area contributed by atoms with Crippen LogP contribution in [0.15, 0.2) is 24.3 Å². The fraction of sp³-hybridized carbons (Fsp3) is 0.462. The third-order valence-corrected chi connectivity index (χ3v) is 4.05. The van der Waals surface area contributed by atoms with Crippen LogP contribution in [-0.2, 0) is 11.3 Å². The Balaban J connectivity index is 2.77. The fourth-order valence-corrected chi connectivity index (χ4v) is 2.04. The average Bonchev–Trinajstić information content (AvgIpc) is 2.36. The van der Waals surface area contributed by atoms with E-state index in [1.807, 2.05) is 43.0 Å². The summed E-state index contributed by atoms with van der Waals surface area (Å²) >= 11 is 9.49. The zero-order valence-electron chi connectivity index (χ0n) is 10.1. The normalized spacial score (nSPS) is 12.2. The van der Waals surface area contributed by atoms with Gasteiger partial charge in [-0.05, 0) is 25.0 Å². The van der Waals surface area contributed by atoms with Gasteiger partial charge in [0.05, 0.1) is 4.83 Å². The molecule has 0 fully saturated rings. The second-order valence-electron chi connectivity index (χ2n) is 3.82. The second-order valence-corrected chi connectivity index (χ2v) is 5.33. The third-order valence-electron chi connectivity index (χ3n) is 2.64. The molecule has 2 nitrogen and oxygen atoms in total. The lowest BCUT2D eigenvalue weighted by Gasteiger charge is -2.23. The topological polar surface area (TPSA) is 20.3 Å². The van der Waals surface area contributed by atoms with Crippen molar-refractivity contribution >= 4 is 33.4 Å². The summed E-state index contributed by atoms with van der Waals surface area (Å²) < 4.78 is 0. The predicted molar refractivity (Wildman–Crippen MR) is 75.5 cm³/mol. The number of rotatable bonds is 5. The molecule has 0 heterocycles. The Kier molecular flexibility index (Phi) is 6.00. The molecule has 94 valence electrons. The molecule has 4 heteroatoms. The summed E-state index contributed by atoms with van der Waals surface area (Å²) in [6.45, 7) is 5.22. The van der Waals surface area contributed by atoms with E-state index in [-0.39, 0.29) is 10.7 Å². The van der Waals surface area contributed by atoms with Crippen LogP contribution in [0.5, 0.6) is 0 Å². The van der Waals surface area contributed by atoms with Gasteiger partial charge in [-0.15, -0.1) is 0 Å². The molecule has 0 aliphatic rings. The molecule has 0 saturated carbocycles. The quantitative estimate of drug-likeness (QED) is 0.755. The molecule has 0 N–H and O–H groups in total. The van der Waals surface area contributed by atoms with Crippen LogP contribution in [0, 0.1) is 0 Å². The molecular formula is C13H17BrClNO. The van der Waals surface area contributed by atoms with Gasteiger partial charge >= 0.3 is 0 Å². The van der Waals surface area contributed by atoms with E-state index in [2.05, 4.69) is 15.9 Å². The van der Waals surface area contributed by atoms with Crippen molar-refractivity contribution < 1.29 is 4.79 Å². The first-order valence-corrected chi connectivity index (χ1v) is 7.05. The minimum atomic E-state index is -0.107. The number of hydrogen-bond donors (Lipinski definition) is 0. The molecule has 1 aromatic rings. The summed E-state index contributed by atoms with van der Waals surface area (Å²) in [4.78, 5) is 13.8. The summed E-state index contributed by atoms with van der Waals surface area (Å²) in [7, 11) is 0. The number of benzene rings is 1. The zero-order chi connectivity index (χ0) is 12.8. The Morgan fingerprint density at radius 3 is 2.59 bits per heavy atom. The Morgan fingerprint density at radius 2 is 2.06 bits per heavy atom. The Hall–Kier alpha value is -0.540. The number of carbonyl (C=O) groups is 1. The van der Waals surface area contributed by atoms with Crippen molar-refractivity contribution in [2.24, 2.45) is 0 Å². The van der Waals surface area contributed by atoms with Gasteiger partial charge in [-0.25, -0.2) is 0 Å². The van der Waals surface area contributed by atoms with E-state index < -0.39 is 0 Å². The fourth-order valence-electron chi connectivity index (χ4n) is 1.55. The van der Waals surface area contributed by atoms with Crippen LogP contribution in [0.4, 0.5) is 0 Å². The molecule has 0 aromatic heterocycles. The lowest BCUT2D eigenvalue weighted by atomic mass is 10.2. The third kappa shape index (κ3) is 4.00. The number of hydrogen-bond acceptors (Lipinski definition) is 1.